The fourth-order valence-electron chi connectivity index (χ4n) is 4.59. The molecule has 2 unspecified atom stereocenters. The summed E-state index contributed by atoms with van der Waals surface area (Å²) in [6.07, 6.45) is -8.28. The SMILES string of the molecule is CS(=O)(=O)N1CC/C(=N\N)C(C(S)C(=O)N2CCC(c3cc(C(F)(F)F)cc(C(F)(F)F)c3)CC2)C1. The number of nitrogens with two attached hydrogens (primary N) is 1. The van der Waals surface area contributed by atoms with Gasteiger partial charge in [0.2, 0.25) is 15.9 Å². The summed E-state index contributed by atoms with van der Waals surface area (Å²) in [6, 6.07) is 1.55. The molecule has 0 aromatic heterocycles. The van der Waals surface area contributed by atoms with Crippen LogP contribution in [0.3, 0.4) is 0 Å². The number of carbonyl (C=O) groups is 1. The molecule has 1 aromatic rings. The number of hydrogen-bond acceptors (Lipinski definition) is 6. The molecule has 2 aliphatic rings. The van der Waals surface area contributed by atoms with Crippen LogP contribution >= 0.6 is 12.6 Å². The van der Waals surface area contributed by atoms with E-state index in [2.05, 4.69) is 17.7 Å². The molecule has 0 aliphatic carbocycles. The van der Waals surface area contributed by atoms with Crippen molar-refractivity contribution >= 4 is 34.3 Å². The van der Waals surface area contributed by atoms with Gasteiger partial charge in [-0.15, -0.1) is 0 Å². The van der Waals surface area contributed by atoms with Gasteiger partial charge in [0.05, 0.1) is 22.6 Å². The molecule has 2 heterocycles. The van der Waals surface area contributed by atoms with Crippen molar-refractivity contribution in [2.75, 3.05) is 32.4 Å². The lowest BCUT2D eigenvalue weighted by Crippen LogP contribution is -2.52. The molecule has 1 aromatic carbocycles. The summed E-state index contributed by atoms with van der Waals surface area (Å²) in [5.41, 5.74) is -2.38. The summed E-state index contributed by atoms with van der Waals surface area (Å²) in [7, 11) is -3.52. The van der Waals surface area contributed by atoms with Crippen molar-refractivity contribution in [3.63, 3.8) is 0 Å². The van der Waals surface area contributed by atoms with Gasteiger partial charge in [0.15, 0.2) is 0 Å². The van der Waals surface area contributed by atoms with Crippen LogP contribution in [0.1, 0.15) is 41.9 Å². The fraction of sp³-hybridized carbons (Fsp3) is 0.619. The number of sulfonamides is 1. The molecule has 15 heteroatoms. The molecule has 2 aliphatic heterocycles. The first kappa shape index (κ1) is 28.6. The van der Waals surface area contributed by atoms with E-state index in [0.29, 0.717) is 5.71 Å². The molecule has 2 N–H and O–H groups in total. The lowest BCUT2D eigenvalue weighted by molar-refractivity contribution is -0.143. The molecule has 1 amide bonds. The van der Waals surface area contributed by atoms with Crippen LogP contribution in [0.5, 0.6) is 0 Å². The Balaban J connectivity index is 1.74. The van der Waals surface area contributed by atoms with Crippen molar-refractivity contribution in [2.24, 2.45) is 16.9 Å². The average molecular weight is 561 g/mol. The van der Waals surface area contributed by atoms with E-state index >= 15 is 0 Å². The molecule has 202 valence electrons. The van der Waals surface area contributed by atoms with Crippen molar-refractivity contribution in [2.45, 2.75) is 42.8 Å². The summed E-state index contributed by atoms with van der Waals surface area (Å²) in [6.45, 7) is 0.323. The van der Waals surface area contributed by atoms with Crippen LogP contribution in [-0.2, 0) is 27.2 Å². The highest BCUT2D eigenvalue weighted by molar-refractivity contribution is 7.88. The summed E-state index contributed by atoms with van der Waals surface area (Å²) in [5, 5.41) is 2.72. The van der Waals surface area contributed by atoms with Gasteiger partial charge in [0.25, 0.3) is 0 Å². The maximum absolute atomic E-state index is 13.2. The Hall–Kier alpha value is -2.00. The maximum atomic E-state index is 13.2. The number of hydrogen-bond donors (Lipinski definition) is 2. The molecule has 0 bridgehead atoms. The summed E-state index contributed by atoms with van der Waals surface area (Å²) in [5.74, 6) is 3.72. The van der Waals surface area contributed by atoms with Gasteiger partial charge in [0.1, 0.15) is 0 Å². The molecule has 2 fully saturated rings. The van der Waals surface area contributed by atoms with Crippen molar-refractivity contribution in [1.29, 1.82) is 0 Å². The van der Waals surface area contributed by atoms with E-state index in [9.17, 15) is 39.6 Å². The molecule has 0 spiro atoms. The van der Waals surface area contributed by atoms with Crippen molar-refractivity contribution in [3.05, 3.63) is 34.9 Å². The summed E-state index contributed by atoms with van der Waals surface area (Å²) >= 11 is 4.41. The minimum atomic E-state index is -4.94. The number of likely N-dealkylation sites (tertiary alicyclic amines) is 1. The molecular formula is C21H26F6N4O3S2. The smallest absolute Gasteiger partial charge is 0.342 e. The Bertz CT molecular complexity index is 1080. The second-order valence-corrected chi connectivity index (χ2v) is 11.5. The molecular weight excluding hydrogens is 534 g/mol. The number of carbonyl (C=O) groups excluding carboxylic acids is 1. The van der Waals surface area contributed by atoms with Crippen LogP contribution in [-0.4, -0.2) is 66.9 Å². The lowest BCUT2D eigenvalue weighted by atomic mass is 9.86. The first-order chi connectivity index (χ1) is 16.5. The number of halogens is 6. The largest absolute Gasteiger partial charge is 0.416 e. The third-order valence-electron chi connectivity index (χ3n) is 6.60. The quantitative estimate of drug-likeness (QED) is 0.256. The highest BCUT2D eigenvalue weighted by atomic mass is 32.2. The monoisotopic (exact) mass is 560 g/mol. The van der Waals surface area contributed by atoms with Crippen molar-refractivity contribution < 1.29 is 39.6 Å². The highest BCUT2D eigenvalue weighted by Gasteiger charge is 2.40. The van der Waals surface area contributed by atoms with Crippen LogP contribution in [0, 0.1) is 5.92 Å². The van der Waals surface area contributed by atoms with Gasteiger partial charge in [-0.3, -0.25) is 4.79 Å². The number of thiol groups is 1. The molecule has 36 heavy (non-hydrogen) atoms. The van der Waals surface area contributed by atoms with E-state index in [1.165, 1.54) is 9.21 Å². The predicted octanol–water partition coefficient (Wildman–Crippen LogP) is 3.32. The van der Waals surface area contributed by atoms with E-state index < -0.39 is 56.5 Å². The zero-order chi connectivity index (χ0) is 27.1. The third kappa shape index (κ3) is 6.46. The minimum absolute atomic E-state index is 0.0321. The normalized spacial score (nSPS) is 23.2. The van der Waals surface area contributed by atoms with E-state index in [1.54, 1.807) is 0 Å². The van der Waals surface area contributed by atoms with Crippen molar-refractivity contribution in [1.82, 2.24) is 9.21 Å². The first-order valence-corrected chi connectivity index (χ1v) is 13.4. The molecule has 2 saturated heterocycles. The van der Waals surface area contributed by atoms with E-state index in [0.717, 1.165) is 18.4 Å². The standard InChI is InChI=1S/C21H26F6N4O3S2/c1-36(33,34)31-7-4-17(29-28)16(11-31)18(35)19(32)30-5-2-12(3-6-30)13-8-14(20(22,23)24)10-15(9-13)21(25,26)27/h8-10,12,16,18,35H,2-7,11,28H2,1H3/b29-17+. The summed E-state index contributed by atoms with van der Waals surface area (Å²) < 4.78 is 104. The van der Waals surface area contributed by atoms with E-state index in [4.69, 9.17) is 5.84 Å². The van der Waals surface area contributed by atoms with Gasteiger partial charge >= 0.3 is 12.4 Å². The number of hydrazone groups is 1. The molecule has 7 nitrogen and oxygen atoms in total. The Morgan fingerprint density at radius 2 is 1.58 bits per heavy atom. The van der Waals surface area contributed by atoms with Gasteiger partial charge in [-0.25, -0.2) is 12.7 Å². The third-order valence-corrected chi connectivity index (χ3v) is 8.45. The second kappa shape index (κ2) is 10.4. The maximum Gasteiger partial charge on any atom is 0.416 e. The predicted molar refractivity (Wildman–Crippen MR) is 124 cm³/mol. The Morgan fingerprint density at radius 1 is 1.06 bits per heavy atom. The average Bonchev–Trinajstić information content (AvgIpc) is 2.80. The van der Waals surface area contributed by atoms with Gasteiger partial charge in [0, 0.05) is 44.2 Å². The zero-order valence-electron chi connectivity index (χ0n) is 19.2. The minimum Gasteiger partial charge on any atom is -0.342 e. The van der Waals surface area contributed by atoms with Crippen LogP contribution in [0.4, 0.5) is 26.3 Å². The highest BCUT2D eigenvalue weighted by Crippen LogP contribution is 2.40. The fourth-order valence-corrected chi connectivity index (χ4v) is 5.88. The molecule has 0 radical (unpaired) electrons. The van der Waals surface area contributed by atoms with Crippen LogP contribution in [0.15, 0.2) is 23.3 Å². The van der Waals surface area contributed by atoms with Gasteiger partial charge in [-0.2, -0.15) is 44.1 Å². The molecule has 2 atom stereocenters. The van der Waals surface area contributed by atoms with Crippen LogP contribution in [0.25, 0.3) is 0 Å². The zero-order valence-corrected chi connectivity index (χ0v) is 20.9. The Morgan fingerprint density at radius 3 is 2.03 bits per heavy atom. The van der Waals surface area contributed by atoms with Gasteiger partial charge in [-0.1, -0.05) is 0 Å². The number of amides is 1. The number of nitrogens with zero attached hydrogens (tertiary/aromatic N) is 3. The van der Waals surface area contributed by atoms with Gasteiger partial charge in [-0.05, 0) is 42.5 Å². The van der Waals surface area contributed by atoms with Crippen LogP contribution < -0.4 is 5.84 Å². The first-order valence-electron chi connectivity index (χ1n) is 11.0. The van der Waals surface area contributed by atoms with Crippen LogP contribution in [0.2, 0.25) is 0 Å². The topological polar surface area (TPSA) is 96.1 Å². The number of rotatable bonds is 4. The van der Waals surface area contributed by atoms with Gasteiger partial charge < -0.3 is 10.7 Å². The van der Waals surface area contributed by atoms with Crippen molar-refractivity contribution in [3.8, 4) is 0 Å². The number of benzene rings is 1. The molecule has 0 saturated carbocycles. The molecule has 3 rings (SSSR count). The lowest BCUT2D eigenvalue weighted by Gasteiger charge is -2.38. The van der Waals surface area contributed by atoms with E-state index in [-0.39, 0.29) is 57.1 Å². The number of piperidine rings is 2. The Labute approximate surface area is 210 Å². The summed E-state index contributed by atoms with van der Waals surface area (Å²) in [4.78, 5) is 14.5. The number of alkyl halides is 6. The second-order valence-electron chi connectivity index (χ2n) is 8.98. The Kier molecular flexibility index (Phi) is 8.25. The van der Waals surface area contributed by atoms with E-state index in [1.807, 2.05) is 0 Å².